The van der Waals surface area contributed by atoms with Gasteiger partial charge < -0.3 is 5.32 Å². The molecule has 0 aliphatic rings. The number of hydrogen-bond acceptors (Lipinski definition) is 4. The summed E-state index contributed by atoms with van der Waals surface area (Å²) in [6.07, 6.45) is 2.06. The highest BCUT2D eigenvalue weighted by Gasteiger charge is 2.16. The quantitative estimate of drug-likeness (QED) is 0.603. The molecule has 0 bridgehead atoms. The molecule has 0 aliphatic carbocycles. The zero-order chi connectivity index (χ0) is 15.9. The Kier molecular flexibility index (Phi) is 6.39. The Morgan fingerprint density at radius 3 is 2.82 bits per heavy atom. The van der Waals surface area contributed by atoms with E-state index < -0.39 is 0 Å². The number of thioether (sulfide) groups is 1. The summed E-state index contributed by atoms with van der Waals surface area (Å²) in [6, 6.07) is 6.26. The standard InChI is InChI=1S/C16H19FN2OS2/c1-3-4-9-18-15(20)11(2)22-16-19-14(10-21-16)12-5-7-13(17)8-6-12/h5-8,10-11H,3-4,9H2,1-2H3,(H,18,20). The molecule has 3 nitrogen and oxygen atoms in total. The Hall–Kier alpha value is -1.40. The smallest absolute Gasteiger partial charge is 0.233 e. The van der Waals surface area contributed by atoms with Crippen molar-refractivity contribution in [3.05, 3.63) is 35.5 Å². The predicted molar refractivity (Wildman–Crippen MR) is 90.7 cm³/mol. The number of hydrogen-bond donors (Lipinski definition) is 1. The zero-order valence-electron chi connectivity index (χ0n) is 12.6. The van der Waals surface area contributed by atoms with Crippen LogP contribution in [-0.2, 0) is 4.79 Å². The van der Waals surface area contributed by atoms with E-state index in [0.29, 0.717) is 0 Å². The fraction of sp³-hybridized carbons (Fsp3) is 0.375. The van der Waals surface area contributed by atoms with E-state index >= 15 is 0 Å². The molecule has 0 saturated heterocycles. The van der Waals surface area contributed by atoms with Crippen LogP contribution in [0, 0.1) is 5.82 Å². The molecule has 0 aliphatic heterocycles. The molecule has 118 valence electrons. The van der Waals surface area contributed by atoms with Crippen molar-refractivity contribution in [1.29, 1.82) is 0 Å². The lowest BCUT2D eigenvalue weighted by atomic mass is 10.2. The molecule has 2 rings (SSSR count). The summed E-state index contributed by atoms with van der Waals surface area (Å²) in [4.78, 5) is 16.4. The molecule has 6 heteroatoms. The predicted octanol–water partition coefficient (Wildman–Crippen LogP) is 4.35. The highest BCUT2D eigenvalue weighted by molar-refractivity contribution is 8.02. The number of carbonyl (C=O) groups excluding carboxylic acids is 1. The van der Waals surface area contributed by atoms with Gasteiger partial charge in [-0.1, -0.05) is 25.1 Å². The minimum atomic E-state index is -0.258. The van der Waals surface area contributed by atoms with Gasteiger partial charge in [0.25, 0.3) is 0 Å². The number of nitrogens with zero attached hydrogens (tertiary/aromatic N) is 1. The third kappa shape index (κ3) is 4.81. The summed E-state index contributed by atoms with van der Waals surface area (Å²) in [5.41, 5.74) is 1.69. The molecule has 1 unspecified atom stereocenters. The summed E-state index contributed by atoms with van der Waals surface area (Å²) in [5, 5.41) is 4.67. The molecule has 0 fully saturated rings. The van der Waals surface area contributed by atoms with Gasteiger partial charge in [-0.05, 0) is 37.6 Å². The monoisotopic (exact) mass is 338 g/mol. The fourth-order valence-corrected chi connectivity index (χ4v) is 3.80. The van der Waals surface area contributed by atoms with Gasteiger partial charge in [-0.2, -0.15) is 0 Å². The molecule has 1 N–H and O–H groups in total. The van der Waals surface area contributed by atoms with Gasteiger partial charge in [0.1, 0.15) is 5.82 Å². The molecule has 22 heavy (non-hydrogen) atoms. The van der Waals surface area contributed by atoms with E-state index in [0.717, 1.165) is 35.0 Å². The van der Waals surface area contributed by atoms with Crippen molar-refractivity contribution in [3.63, 3.8) is 0 Å². The summed E-state index contributed by atoms with van der Waals surface area (Å²) >= 11 is 2.95. The minimum Gasteiger partial charge on any atom is -0.355 e. The molecule has 0 spiro atoms. The van der Waals surface area contributed by atoms with Crippen molar-refractivity contribution < 1.29 is 9.18 Å². The normalized spacial score (nSPS) is 12.1. The van der Waals surface area contributed by atoms with Crippen LogP contribution < -0.4 is 5.32 Å². The Bertz CT molecular complexity index is 613. The topological polar surface area (TPSA) is 42.0 Å². The second-order valence-corrected chi connectivity index (χ2v) is 7.36. The van der Waals surface area contributed by atoms with E-state index in [9.17, 15) is 9.18 Å². The summed E-state index contributed by atoms with van der Waals surface area (Å²) < 4.78 is 13.8. The molecule has 1 aromatic heterocycles. The van der Waals surface area contributed by atoms with Gasteiger partial charge in [-0.25, -0.2) is 9.37 Å². The minimum absolute atomic E-state index is 0.0389. The Morgan fingerprint density at radius 1 is 1.41 bits per heavy atom. The summed E-state index contributed by atoms with van der Waals surface area (Å²) in [6.45, 7) is 4.70. The molecular formula is C16H19FN2OS2. The third-order valence-electron chi connectivity index (χ3n) is 3.10. The number of nitrogens with one attached hydrogen (secondary N) is 1. The van der Waals surface area contributed by atoms with Crippen LogP contribution in [0.2, 0.25) is 0 Å². The number of carbonyl (C=O) groups is 1. The van der Waals surface area contributed by atoms with E-state index in [1.807, 2.05) is 12.3 Å². The van der Waals surface area contributed by atoms with E-state index in [-0.39, 0.29) is 17.0 Å². The first-order chi connectivity index (χ1) is 10.6. The number of rotatable bonds is 7. The largest absolute Gasteiger partial charge is 0.355 e. The molecule has 1 aromatic carbocycles. The van der Waals surface area contributed by atoms with Gasteiger partial charge in [0.05, 0.1) is 10.9 Å². The van der Waals surface area contributed by atoms with Crippen molar-refractivity contribution in [1.82, 2.24) is 10.3 Å². The molecular weight excluding hydrogens is 319 g/mol. The molecule has 2 aromatic rings. The molecule has 0 saturated carbocycles. The van der Waals surface area contributed by atoms with Crippen molar-refractivity contribution in [2.45, 2.75) is 36.3 Å². The first-order valence-electron chi connectivity index (χ1n) is 7.26. The second-order valence-electron chi connectivity index (χ2n) is 4.91. The van der Waals surface area contributed by atoms with Crippen LogP contribution >= 0.6 is 23.1 Å². The first kappa shape index (κ1) is 17.0. The summed E-state index contributed by atoms with van der Waals surface area (Å²) in [5.74, 6) is -0.220. The molecule has 1 atom stereocenters. The number of unbranched alkanes of at least 4 members (excludes halogenated alkanes) is 1. The SMILES string of the molecule is CCCCNC(=O)C(C)Sc1nc(-c2ccc(F)cc2)cs1. The van der Waals surface area contributed by atoms with Crippen LogP contribution in [0.3, 0.4) is 0 Å². The van der Waals surface area contributed by atoms with Gasteiger partial charge in [0, 0.05) is 17.5 Å². The Balaban J connectivity index is 1.94. The van der Waals surface area contributed by atoms with Gasteiger partial charge in [0.2, 0.25) is 5.91 Å². The lowest BCUT2D eigenvalue weighted by molar-refractivity contribution is -0.120. The van der Waals surface area contributed by atoms with Gasteiger partial charge in [0.15, 0.2) is 4.34 Å². The van der Waals surface area contributed by atoms with Crippen molar-refractivity contribution in [3.8, 4) is 11.3 Å². The Morgan fingerprint density at radius 2 is 2.14 bits per heavy atom. The van der Waals surface area contributed by atoms with E-state index in [1.54, 1.807) is 12.1 Å². The zero-order valence-corrected chi connectivity index (χ0v) is 14.3. The number of aromatic nitrogens is 1. The van der Waals surface area contributed by atoms with Crippen LogP contribution in [0.5, 0.6) is 0 Å². The highest BCUT2D eigenvalue weighted by Crippen LogP contribution is 2.30. The number of halogens is 1. The molecule has 0 radical (unpaired) electrons. The van der Waals surface area contributed by atoms with Gasteiger partial charge in [-0.3, -0.25) is 4.79 Å². The van der Waals surface area contributed by atoms with E-state index in [2.05, 4.69) is 17.2 Å². The van der Waals surface area contributed by atoms with E-state index in [1.165, 1.54) is 35.2 Å². The second kappa shape index (κ2) is 8.29. The first-order valence-corrected chi connectivity index (χ1v) is 9.02. The number of amides is 1. The van der Waals surface area contributed by atoms with E-state index in [4.69, 9.17) is 0 Å². The van der Waals surface area contributed by atoms with Crippen LogP contribution in [0.4, 0.5) is 4.39 Å². The Labute approximate surface area is 138 Å². The third-order valence-corrected chi connectivity index (χ3v) is 5.17. The lowest BCUT2D eigenvalue weighted by Crippen LogP contribution is -2.31. The maximum absolute atomic E-state index is 12.9. The van der Waals surface area contributed by atoms with Crippen LogP contribution in [0.25, 0.3) is 11.3 Å². The summed E-state index contributed by atoms with van der Waals surface area (Å²) in [7, 11) is 0. The average Bonchev–Trinajstić information content (AvgIpc) is 2.96. The van der Waals surface area contributed by atoms with Crippen molar-refractivity contribution >= 4 is 29.0 Å². The lowest BCUT2D eigenvalue weighted by Gasteiger charge is -2.09. The maximum Gasteiger partial charge on any atom is 0.233 e. The fourth-order valence-electron chi connectivity index (χ4n) is 1.80. The molecule has 1 amide bonds. The highest BCUT2D eigenvalue weighted by atomic mass is 32.2. The van der Waals surface area contributed by atoms with Crippen LogP contribution in [0.1, 0.15) is 26.7 Å². The van der Waals surface area contributed by atoms with Crippen molar-refractivity contribution in [2.24, 2.45) is 0 Å². The number of benzene rings is 1. The van der Waals surface area contributed by atoms with Crippen LogP contribution in [-0.4, -0.2) is 22.7 Å². The van der Waals surface area contributed by atoms with Gasteiger partial charge >= 0.3 is 0 Å². The van der Waals surface area contributed by atoms with Gasteiger partial charge in [-0.15, -0.1) is 11.3 Å². The molecule has 1 heterocycles. The maximum atomic E-state index is 12.9. The van der Waals surface area contributed by atoms with Crippen LogP contribution in [0.15, 0.2) is 34.0 Å². The van der Waals surface area contributed by atoms with Crippen molar-refractivity contribution in [2.75, 3.05) is 6.54 Å². The number of thiazole rings is 1. The average molecular weight is 338 g/mol.